The van der Waals surface area contributed by atoms with Crippen molar-refractivity contribution in [1.29, 1.82) is 0 Å². The maximum atomic E-state index is 12.3. The number of nitrogens with zero attached hydrogens (tertiary/aromatic N) is 1. The molecular weight excluding hydrogens is 332 g/mol. The highest BCUT2D eigenvalue weighted by molar-refractivity contribution is 5.93. The van der Waals surface area contributed by atoms with Crippen LogP contribution in [0.5, 0.6) is 11.5 Å². The molecule has 0 heterocycles. The molecule has 2 N–H and O–H groups in total. The van der Waals surface area contributed by atoms with Crippen LogP contribution in [0.25, 0.3) is 0 Å². The summed E-state index contributed by atoms with van der Waals surface area (Å²) in [5.41, 5.74) is 1.70. The first-order valence-electron chi connectivity index (χ1n) is 8.40. The highest BCUT2D eigenvalue weighted by Gasteiger charge is 2.16. The molecule has 0 bridgehead atoms. The summed E-state index contributed by atoms with van der Waals surface area (Å²) in [5, 5.41) is 11.8. The second-order valence-corrected chi connectivity index (χ2v) is 6.40. The van der Waals surface area contributed by atoms with Gasteiger partial charge in [-0.25, -0.2) is 0 Å². The highest BCUT2D eigenvalue weighted by atomic mass is 16.5. The van der Waals surface area contributed by atoms with Crippen molar-refractivity contribution in [2.75, 3.05) is 25.5 Å². The number of carbonyl (C=O) groups is 2. The molecule has 1 unspecified atom stereocenters. The summed E-state index contributed by atoms with van der Waals surface area (Å²) >= 11 is 0. The fraction of sp³-hybridized carbons (Fsp3) is 0.300. The Balaban J connectivity index is 1.99. The van der Waals surface area contributed by atoms with Crippen molar-refractivity contribution >= 4 is 17.6 Å². The van der Waals surface area contributed by atoms with Crippen LogP contribution in [-0.4, -0.2) is 42.0 Å². The van der Waals surface area contributed by atoms with Crippen molar-refractivity contribution in [1.82, 2.24) is 4.90 Å². The Hall–Kier alpha value is -2.86. The zero-order valence-electron chi connectivity index (χ0n) is 15.2. The van der Waals surface area contributed by atoms with Crippen molar-refractivity contribution in [3.05, 3.63) is 54.1 Å². The SMILES string of the molecule is Cc1ccc(Oc2ccccc2NC(=O)CN(C)CC(C)C(=O)O)cc1. The first kappa shape index (κ1) is 19.5. The van der Waals surface area contributed by atoms with E-state index in [4.69, 9.17) is 9.84 Å². The van der Waals surface area contributed by atoms with Crippen molar-refractivity contribution in [3.63, 3.8) is 0 Å². The summed E-state index contributed by atoms with van der Waals surface area (Å²) in [7, 11) is 1.72. The number of hydrogen-bond acceptors (Lipinski definition) is 4. The molecule has 0 aliphatic carbocycles. The maximum Gasteiger partial charge on any atom is 0.307 e. The van der Waals surface area contributed by atoms with E-state index in [-0.39, 0.29) is 12.5 Å². The average molecular weight is 356 g/mol. The van der Waals surface area contributed by atoms with E-state index in [1.165, 1.54) is 0 Å². The van der Waals surface area contributed by atoms with Crippen LogP contribution in [0.15, 0.2) is 48.5 Å². The molecule has 1 amide bonds. The minimum absolute atomic E-state index is 0.0937. The van der Waals surface area contributed by atoms with E-state index in [1.807, 2.05) is 43.3 Å². The molecule has 6 heteroatoms. The molecule has 1 atom stereocenters. The molecule has 0 aromatic heterocycles. The monoisotopic (exact) mass is 356 g/mol. The summed E-state index contributed by atoms with van der Waals surface area (Å²) in [4.78, 5) is 24.9. The van der Waals surface area contributed by atoms with Gasteiger partial charge in [-0.05, 0) is 38.2 Å². The van der Waals surface area contributed by atoms with E-state index >= 15 is 0 Å². The molecule has 26 heavy (non-hydrogen) atoms. The summed E-state index contributed by atoms with van der Waals surface area (Å²) in [6.45, 7) is 4.00. The average Bonchev–Trinajstić information content (AvgIpc) is 2.58. The lowest BCUT2D eigenvalue weighted by atomic mass is 10.2. The molecule has 0 saturated carbocycles. The standard InChI is InChI=1S/C20H24N2O4/c1-14-8-10-16(11-9-14)26-18-7-5-4-6-17(18)21-19(23)13-22(3)12-15(2)20(24)25/h4-11,15H,12-13H2,1-3H3,(H,21,23)(H,24,25). The van der Waals surface area contributed by atoms with Crippen LogP contribution in [0.4, 0.5) is 5.69 Å². The van der Waals surface area contributed by atoms with Gasteiger partial charge < -0.3 is 15.2 Å². The van der Waals surface area contributed by atoms with Crippen LogP contribution >= 0.6 is 0 Å². The third kappa shape index (κ3) is 5.89. The third-order valence-electron chi connectivity index (χ3n) is 3.83. The summed E-state index contributed by atoms with van der Waals surface area (Å²) in [5.74, 6) is -0.417. The third-order valence-corrected chi connectivity index (χ3v) is 3.83. The van der Waals surface area contributed by atoms with Gasteiger partial charge in [-0.15, -0.1) is 0 Å². The molecule has 0 aliphatic heterocycles. The Bertz CT molecular complexity index is 759. The number of likely N-dealkylation sites (N-methyl/N-ethyl adjacent to an activating group) is 1. The Morgan fingerprint density at radius 1 is 1.15 bits per heavy atom. The minimum Gasteiger partial charge on any atom is -0.481 e. The number of amides is 1. The fourth-order valence-electron chi connectivity index (χ4n) is 2.44. The van der Waals surface area contributed by atoms with E-state index in [2.05, 4.69) is 5.32 Å². The number of carbonyl (C=O) groups excluding carboxylic acids is 1. The second kappa shape index (κ2) is 9.01. The largest absolute Gasteiger partial charge is 0.481 e. The van der Waals surface area contributed by atoms with Gasteiger partial charge in [-0.2, -0.15) is 0 Å². The van der Waals surface area contributed by atoms with Crippen LogP contribution < -0.4 is 10.1 Å². The number of carboxylic acid groups (broad SMARTS) is 1. The second-order valence-electron chi connectivity index (χ2n) is 6.40. The summed E-state index contributed by atoms with van der Waals surface area (Å²) in [6.07, 6.45) is 0. The number of aryl methyl sites for hydroxylation is 1. The van der Waals surface area contributed by atoms with Gasteiger partial charge in [-0.1, -0.05) is 36.8 Å². The number of nitrogens with one attached hydrogen (secondary N) is 1. The number of benzene rings is 2. The predicted molar refractivity (Wildman–Crippen MR) is 101 cm³/mol. The van der Waals surface area contributed by atoms with E-state index in [0.29, 0.717) is 23.7 Å². The van der Waals surface area contributed by atoms with Crippen molar-refractivity contribution in [2.24, 2.45) is 5.92 Å². The van der Waals surface area contributed by atoms with Crippen LogP contribution in [-0.2, 0) is 9.59 Å². The van der Waals surface area contributed by atoms with Crippen molar-refractivity contribution in [2.45, 2.75) is 13.8 Å². The Labute approximate surface area is 153 Å². The maximum absolute atomic E-state index is 12.3. The first-order valence-corrected chi connectivity index (χ1v) is 8.40. The normalized spacial score (nSPS) is 11.8. The van der Waals surface area contributed by atoms with E-state index in [9.17, 15) is 9.59 Å². The summed E-state index contributed by atoms with van der Waals surface area (Å²) < 4.78 is 5.86. The molecule has 2 aromatic carbocycles. The Kier molecular flexibility index (Phi) is 6.74. The number of aliphatic carboxylic acids is 1. The lowest BCUT2D eigenvalue weighted by Gasteiger charge is -2.19. The van der Waals surface area contributed by atoms with Gasteiger partial charge in [-0.3, -0.25) is 14.5 Å². The predicted octanol–water partition coefficient (Wildman–Crippen LogP) is 3.38. The zero-order valence-corrected chi connectivity index (χ0v) is 15.2. The minimum atomic E-state index is -0.880. The number of para-hydroxylation sites is 2. The van der Waals surface area contributed by atoms with Gasteiger partial charge in [0.15, 0.2) is 5.75 Å². The van der Waals surface area contributed by atoms with Crippen LogP contribution in [0.2, 0.25) is 0 Å². The van der Waals surface area contributed by atoms with E-state index in [1.54, 1.807) is 31.0 Å². The van der Waals surface area contributed by atoms with Gasteiger partial charge >= 0.3 is 5.97 Å². The molecular formula is C20H24N2O4. The molecule has 6 nitrogen and oxygen atoms in total. The van der Waals surface area contributed by atoms with E-state index < -0.39 is 11.9 Å². The number of anilines is 1. The Morgan fingerprint density at radius 3 is 2.46 bits per heavy atom. The number of hydrogen-bond donors (Lipinski definition) is 2. The van der Waals surface area contributed by atoms with Gasteiger partial charge in [0.25, 0.3) is 0 Å². The number of carboxylic acids is 1. The number of rotatable bonds is 8. The van der Waals surface area contributed by atoms with Gasteiger partial charge in [0, 0.05) is 6.54 Å². The lowest BCUT2D eigenvalue weighted by Crippen LogP contribution is -2.35. The van der Waals surface area contributed by atoms with Crippen molar-refractivity contribution in [3.8, 4) is 11.5 Å². The highest BCUT2D eigenvalue weighted by Crippen LogP contribution is 2.29. The van der Waals surface area contributed by atoms with Gasteiger partial charge in [0.05, 0.1) is 18.2 Å². The zero-order chi connectivity index (χ0) is 19.1. The smallest absolute Gasteiger partial charge is 0.307 e. The van der Waals surface area contributed by atoms with Crippen LogP contribution in [0, 0.1) is 12.8 Å². The molecule has 0 aliphatic rings. The molecule has 0 fully saturated rings. The van der Waals surface area contributed by atoms with Gasteiger partial charge in [0.1, 0.15) is 5.75 Å². The quantitative estimate of drug-likeness (QED) is 0.758. The molecule has 2 rings (SSSR count). The number of ether oxygens (including phenoxy) is 1. The van der Waals surface area contributed by atoms with Crippen LogP contribution in [0.1, 0.15) is 12.5 Å². The molecule has 0 radical (unpaired) electrons. The fourth-order valence-corrected chi connectivity index (χ4v) is 2.44. The Morgan fingerprint density at radius 2 is 1.81 bits per heavy atom. The van der Waals surface area contributed by atoms with E-state index in [0.717, 1.165) is 5.56 Å². The molecule has 2 aromatic rings. The molecule has 138 valence electrons. The topological polar surface area (TPSA) is 78.9 Å². The van der Waals surface area contributed by atoms with Gasteiger partial charge in [0.2, 0.25) is 5.91 Å². The van der Waals surface area contributed by atoms with Crippen molar-refractivity contribution < 1.29 is 19.4 Å². The van der Waals surface area contributed by atoms with Crippen LogP contribution in [0.3, 0.4) is 0 Å². The molecule has 0 spiro atoms. The molecule has 0 saturated heterocycles. The first-order chi connectivity index (χ1) is 12.3. The lowest BCUT2D eigenvalue weighted by molar-refractivity contribution is -0.141. The summed E-state index contributed by atoms with van der Waals surface area (Å²) in [6, 6.07) is 14.8.